The van der Waals surface area contributed by atoms with Gasteiger partial charge in [-0.25, -0.2) is 0 Å². The molecule has 0 aliphatic carbocycles. The van der Waals surface area contributed by atoms with Crippen LogP contribution in [0, 0.1) is 0 Å². The summed E-state index contributed by atoms with van der Waals surface area (Å²) < 4.78 is 6.16. The smallest absolute Gasteiger partial charge is 0.151 e. The van der Waals surface area contributed by atoms with Gasteiger partial charge >= 0.3 is 0 Å². The molecule has 0 radical (unpaired) electrons. The van der Waals surface area contributed by atoms with E-state index in [1.807, 2.05) is 24.3 Å². The number of benzene rings is 1. The molecule has 0 aliphatic heterocycles. The number of carbonyl (C=O) groups is 1. The molecule has 0 bridgehead atoms. The van der Waals surface area contributed by atoms with Crippen LogP contribution in [0.1, 0.15) is 12.5 Å². The summed E-state index contributed by atoms with van der Waals surface area (Å²) in [7, 11) is 1.55. The molecule has 0 aromatic heterocycles. The summed E-state index contributed by atoms with van der Waals surface area (Å²) in [4.78, 5) is 10.8. The highest BCUT2D eigenvalue weighted by Gasteiger charge is 2.22. The monoisotopic (exact) mass is 256 g/mol. The molecule has 0 fully saturated rings. The maximum atomic E-state index is 10.8. The topological polar surface area (TPSA) is 26.3 Å². The highest BCUT2D eigenvalue weighted by Crippen LogP contribution is 2.18. The second-order valence-corrected chi connectivity index (χ2v) is 4.36. The summed E-state index contributed by atoms with van der Waals surface area (Å²) in [5.74, 6) is 0. The molecular formula is C11H13BrO2. The van der Waals surface area contributed by atoms with Gasteiger partial charge in [-0.05, 0) is 24.6 Å². The molecule has 0 aliphatic rings. The van der Waals surface area contributed by atoms with Gasteiger partial charge in [-0.1, -0.05) is 28.1 Å². The number of hydrogen-bond donors (Lipinski definition) is 0. The zero-order valence-electron chi connectivity index (χ0n) is 8.29. The maximum Gasteiger partial charge on any atom is 0.151 e. The van der Waals surface area contributed by atoms with E-state index in [-0.39, 0.29) is 0 Å². The van der Waals surface area contributed by atoms with E-state index in [1.54, 1.807) is 14.0 Å². The number of methoxy groups -OCH3 is 1. The number of halogens is 1. The van der Waals surface area contributed by atoms with Crippen molar-refractivity contribution in [2.24, 2.45) is 0 Å². The standard InChI is InChI=1S/C11H13BrO2/c1-11(8-13,14-2)7-9-4-3-5-10(12)6-9/h3-6,8H,7H2,1-2H3. The first-order valence-electron chi connectivity index (χ1n) is 4.35. The van der Waals surface area contributed by atoms with E-state index in [0.717, 1.165) is 16.3 Å². The van der Waals surface area contributed by atoms with Crippen LogP contribution in [0.5, 0.6) is 0 Å². The minimum absolute atomic E-state index is 0.590. The van der Waals surface area contributed by atoms with Crippen LogP contribution in [0.2, 0.25) is 0 Å². The molecule has 2 nitrogen and oxygen atoms in total. The Morgan fingerprint density at radius 2 is 2.29 bits per heavy atom. The van der Waals surface area contributed by atoms with E-state index in [9.17, 15) is 4.79 Å². The average Bonchev–Trinajstić information content (AvgIpc) is 2.18. The summed E-state index contributed by atoms with van der Waals surface area (Å²) in [6.07, 6.45) is 1.43. The largest absolute Gasteiger partial charge is 0.371 e. The Kier molecular flexibility index (Phi) is 3.84. The molecule has 3 heteroatoms. The van der Waals surface area contributed by atoms with Crippen LogP contribution >= 0.6 is 15.9 Å². The SMILES string of the molecule is COC(C)(C=O)Cc1cccc(Br)c1. The highest BCUT2D eigenvalue weighted by atomic mass is 79.9. The molecule has 1 rings (SSSR count). The van der Waals surface area contributed by atoms with Crippen LogP contribution in [0.4, 0.5) is 0 Å². The minimum Gasteiger partial charge on any atom is -0.371 e. The van der Waals surface area contributed by atoms with Gasteiger partial charge in [-0.2, -0.15) is 0 Å². The van der Waals surface area contributed by atoms with E-state index in [1.165, 1.54) is 0 Å². The summed E-state index contributed by atoms with van der Waals surface area (Å²) in [6, 6.07) is 7.86. The van der Waals surface area contributed by atoms with Gasteiger partial charge in [0.1, 0.15) is 5.60 Å². The van der Waals surface area contributed by atoms with Crippen molar-refractivity contribution in [1.29, 1.82) is 0 Å². The zero-order valence-corrected chi connectivity index (χ0v) is 9.87. The maximum absolute atomic E-state index is 10.8. The van der Waals surface area contributed by atoms with Crippen LogP contribution < -0.4 is 0 Å². The summed E-state index contributed by atoms with van der Waals surface area (Å²) in [5.41, 5.74) is 0.358. The van der Waals surface area contributed by atoms with Gasteiger partial charge < -0.3 is 9.53 Å². The van der Waals surface area contributed by atoms with Crippen LogP contribution in [0.25, 0.3) is 0 Å². The molecule has 0 N–H and O–H groups in total. The Hall–Kier alpha value is -0.670. The molecular weight excluding hydrogens is 244 g/mol. The van der Waals surface area contributed by atoms with E-state index in [4.69, 9.17) is 4.74 Å². The molecule has 1 aromatic carbocycles. The van der Waals surface area contributed by atoms with Gasteiger partial charge in [-0.3, -0.25) is 0 Å². The summed E-state index contributed by atoms with van der Waals surface area (Å²) in [6.45, 7) is 1.78. The number of hydrogen-bond acceptors (Lipinski definition) is 2. The third-order valence-electron chi connectivity index (χ3n) is 2.16. The predicted molar refractivity (Wildman–Crippen MR) is 59.3 cm³/mol. The van der Waals surface area contributed by atoms with Crippen molar-refractivity contribution >= 4 is 22.2 Å². The fourth-order valence-corrected chi connectivity index (χ4v) is 1.66. The molecule has 0 spiro atoms. The van der Waals surface area contributed by atoms with Crippen LogP contribution in [-0.4, -0.2) is 19.0 Å². The van der Waals surface area contributed by atoms with E-state index in [0.29, 0.717) is 6.42 Å². The Balaban J connectivity index is 2.82. The van der Waals surface area contributed by atoms with Gasteiger partial charge in [0.25, 0.3) is 0 Å². The lowest BCUT2D eigenvalue weighted by atomic mass is 9.98. The van der Waals surface area contributed by atoms with Crippen molar-refractivity contribution in [1.82, 2.24) is 0 Å². The highest BCUT2D eigenvalue weighted by molar-refractivity contribution is 9.10. The zero-order chi connectivity index (χ0) is 10.6. The number of rotatable bonds is 4. The lowest BCUT2D eigenvalue weighted by molar-refractivity contribution is -0.125. The van der Waals surface area contributed by atoms with Crippen molar-refractivity contribution in [2.45, 2.75) is 18.9 Å². The van der Waals surface area contributed by atoms with Gasteiger partial charge in [0.05, 0.1) is 0 Å². The molecule has 1 unspecified atom stereocenters. The predicted octanol–water partition coefficient (Wildman–Crippen LogP) is 2.60. The second-order valence-electron chi connectivity index (χ2n) is 3.44. The lowest BCUT2D eigenvalue weighted by Gasteiger charge is -2.21. The fraction of sp³-hybridized carbons (Fsp3) is 0.364. The Labute approximate surface area is 92.4 Å². The van der Waals surface area contributed by atoms with Gasteiger partial charge in [-0.15, -0.1) is 0 Å². The van der Waals surface area contributed by atoms with Crippen LogP contribution in [-0.2, 0) is 16.0 Å². The number of aldehydes is 1. The normalized spacial score (nSPS) is 14.8. The van der Waals surface area contributed by atoms with Crippen molar-refractivity contribution in [2.75, 3.05) is 7.11 Å². The average molecular weight is 257 g/mol. The van der Waals surface area contributed by atoms with Crippen molar-refractivity contribution in [3.8, 4) is 0 Å². The van der Waals surface area contributed by atoms with E-state index >= 15 is 0 Å². The molecule has 0 saturated carbocycles. The molecule has 76 valence electrons. The van der Waals surface area contributed by atoms with Crippen molar-refractivity contribution in [3.05, 3.63) is 34.3 Å². The van der Waals surface area contributed by atoms with Gasteiger partial charge in [0.15, 0.2) is 6.29 Å². The molecule has 0 heterocycles. The third kappa shape index (κ3) is 2.93. The number of carbonyl (C=O) groups excluding carboxylic acids is 1. The Morgan fingerprint density at radius 3 is 2.79 bits per heavy atom. The summed E-state index contributed by atoms with van der Waals surface area (Å²) >= 11 is 3.38. The van der Waals surface area contributed by atoms with Crippen molar-refractivity contribution < 1.29 is 9.53 Å². The molecule has 14 heavy (non-hydrogen) atoms. The van der Waals surface area contributed by atoms with E-state index < -0.39 is 5.60 Å². The van der Waals surface area contributed by atoms with Crippen LogP contribution in [0.15, 0.2) is 28.7 Å². The lowest BCUT2D eigenvalue weighted by Crippen LogP contribution is -2.31. The molecule has 0 amide bonds. The van der Waals surface area contributed by atoms with Crippen LogP contribution in [0.3, 0.4) is 0 Å². The first-order valence-corrected chi connectivity index (χ1v) is 5.15. The third-order valence-corrected chi connectivity index (χ3v) is 2.65. The van der Waals surface area contributed by atoms with Crippen molar-refractivity contribution in [3.63, 3.8) is 0 Å². The van der Waals surface area contributed by atoms with Gasteiger partial charge in [0, 0.05) is 18.0 Å². The van der Waals surface area contributed by atoms with Gasteiger partial charge in [0.2, 0.25) is 0 Å². The second kappa shape index (κ2) is 4.71. The Morgan fingerprint density at radius 1 is 1.57 bits per heavy atom. The van der Waals surface area contributed by atoms with E-state index in [2.05, 4.69) is 15.9 Å². The fourth-order valence-electron chi connectivity index (χ4n) is 1.21. The molecule has 0 saturated heterocycles. The Bertz CT molecular complexity index is 325. The first kappa shape index (κ1) is 11.4. The number of ether oxygens (including phenoxy) is 1. The summed E-state index contributed by atoms with van der Waals surface area (Å²) in [5, 5.41) is 0. The molecule has 1 atom stereocenters. The minimum atomic E-state index is -0.721. The quantitative estimate of drug-likeness (QED) is 0.775. The molecule has 1 aromatic rings. The first-order chi connectivity index (χ1) is 6.59.